The molecule has 0 saturated heterocycles. The van der Waals surface area contributed by atoms with Crippen molar-refractivity contribution in [1.82, 2.24) is 0 Å². The first-order valence-electron chi connectivity index (χ1n) is 7.11. The molecule has 2 atom stereocenters. The van der Waals surface area contributed by atoms with Crippen LogP contribution in [0.2, 0.25) is 0 Å². The van der Waals surface area contributed by atoms with Crippen molar-refractivity contribution in [2.75, 3.05) is 13.2 Å². The standard InChI is InChI=1S/C15H28O2/c1-11(2)10-17-8-7-14-9-13(12(3)4)5-6-15(14)16/h11-14H,5-10H2,1-4H3. The lowest BCUT2D eigenvalue weighted by atomic mass is 9.74. The van der Waals surface area contributed by atoms with Gasteiger partial charge in [0.05, 0.1) is 0 Å². The second kappa shape index (κ2) is 7.15. The maximum atomic E-state index is 11.8. The minimum atomic E-state index is 0.267. The summed E-state index contributed by atoms with van der Waals surface area (Å²) in [5, 5.41) is 0. The van der Waals surface area contributed by atoms with Crippen molar-refractivity contribution < 1.29 is 9.53 Å². The van der Waals surface area contributed by atoms with Crippen molar-refractivity contribution in [3.05, 3.63) is 0 Å². The van der Waals surface area contributed by atoms with E-state index in [1.54, 1.807) is 0 Å². The van der Waals surface area contributed by atoms with Gasteiger partial charge in [0.15, 0.2) is 0 Å². The Morgan fingerprint density at radius 2 is 2.00 bits per heavy atom. The molecule has 0 heterocycles. The third kappa shape index (κ3) is 5.20. The Labute approximate surface area is 106 Å². The molecular weight excluding hydrogens is 212 g/mol. The normalized spacial score (nSPS) is 25.9. The van der Waals surface area contributed by atoms with Crippen molar-refractivity contribution in [2.24, 2.45) is 23.7 Å². The molecule has 0 bridgehead atoms. The lowest BCUT2D eigenvalue weighted by molar-refractivity contribution is -0.126. The summed E-state index contributed by atoms with van der Waals surface area (Å²) in [5.41, 5.74) is 0. The van der Waals surface area contributed by atoms with E-state index in [4.69, 9.17) is 4.74 Å². The zero-order chi connectivity index (χ0) is 12.8. The van der Waals surface area contributed by atoms with E-state index in [1.165, 1.54) is 0 Å². The van der Waals surface area contributed by atoms with Crippen LogP contribution in [0.5, 0.6) is 0 Å². The molecule has 1 saturated carbocycles. The van der Waals surface area contributed by atoms with Crippen LogP contribution in [0.25, 0.3) is 0 Å². The molecule has 1 aliphatic carbocycles. The van der Waals surface area contributed by atoms with E-state index in [-0.39, 0.29) is 5.92 Å². The van der Waals surface area contributed by atoms with Crippen LogP contribution in [0.4, 0.5) is 0 Å². The maximum Gasteiger partial charge on any atom is 0.136 e. The van der Waals surface area contributed by atoms with Crippen molar-refractivity contribution in [3.8, 4) is 0 Å². The highest BCUT2D eigenvalue weighted by Crippen LogP contribution is 2.33. The van der Waals surface area contributed by atoms with Crippen molar-refractivity contribution >= 4 is 5.78 Å². The van der Waals surface area contributed by atoms with Crippen molar-refractivity contribution in [1.29, 1.82) is 0 Å². The monoisotopic (exact) mass is 240 g/mol. The molecule has 2 heteroatoms. The third-order valence-corrected chi connectivity index (χ3v) is 3.81. The van der Waals surface area contributed by atoms with Crippen LogP contribution in [0.3, 0.4) is 0 Å². The first-order valence-corrected chi connectivity index (χ1v) is 7.11. The van der Waals surface area contributed by atoms with Gasteiger partial charge in [0, 0.05) is 25.6 Å². The van der Waals surface area contributed by atoms with Gasteiger partial charge in [0.2, 0.25) is 0 Å². The molecule has 0 N–H and O–H groups in total. The lowest BCUT2D eigenvalue weighted by Crippen LogP contribution is -2.28. The van der Waals surface area contributed by atoms with Crippen LogP contribution in [0.1, 0.15) is 53.4 Å². The Balaban J connectivity index is 2.27. The summed E-state index contributed by atoms with van der Waals surface area (Å²) >= 11 is 0. The van der Waals surface area contributed by atoms with Gasteiger partial charge in [0.1, 0.15) is 5.78 Å². The maximum absolute atomic E-state index is 11.8. The second-order valence-corrected chi connectivity index (χ2v) is 6.20. The summed E-state index contributed by atoms with van der Waals surface area (Å²) in [6.07, 6.45) is 3.90. The van der Waals surface area contributed by atoms with Gasteiger partial charge in [-0.05, 0) is 37.0 Å². The fourth-order valence-corrected chi connectivity index (χ4v) is 2.58. The van der Waals surface area contributed by atoms with Crippen LogP contribution >= 0.6 is 0 Å². The number of Topliss-reactive ketones (excluding diaryl/α,β-unsaturated/α-hetero) is 1. The molecule has 1 fully saturated rings. The number of carbonyl (C=O) groups is 1. The molecule has 0 amide bonds. The fraction of sp³-hybridized carbons (Fsp3) is 0.933. The molecule has 100 valence electrons. The molecular formula is C15H28O2. The highest BCUT2D eigenvalue weighted by Gasteiger charge is 2.29. The Hall–Kier alpha value is -0.370. The van der Waals surface area contributed by atoms with Crippen LogP contribution in [-0.2, 0) is 9.53 Å². The number of hydrogen-bond donors (Lipinski definition) is 0. The van der Waals surface area contributed by atoms with Crippen LogP contribution in [0, 0.1) is 23.7 Å². The SMILES string of the molecule is CC(C)COCCC1CC(C(C)C)CCC1=O. The quantitative estimate of drug-likeness (QED) is 0.662. The molecule has 0 aliphatic heterocycles. The minimum absolute atomic E-state index is 0.267. The van der Waals surface area contributed by atoms with Gasteiger partial charge >= 0.3 is 0 Å². The molecule has 17 heavy (non-hydrogen) atoms. The summed E-state index contributed by atoms with van der Waals surface area (Å²) in [7, 11) is 0. The zero-order valence-electron chi connectivity index (χ0n) is 11.9. The summed E-state index contributed by atoms with van der Waals surface area (Å²) in [5.74, 6) is 2.77. The van der Waals surface area contributed by atoms with E-state index in [2.05, 4.69) is 27.7 Å². The predicted molar refractivity (Wildman–Crippen MR) is 71.0 cm³/mol. The Bertz CT molecular complexity index is 233. The Kier molecular flexibility index (Phi) is 6.18. The van der Waals surface area contributed by atoms with E-state index in [9.17, 15) is 4.79 Å². The minimum Gasteiger partial charge on any atom is -0.381 e. The summed E-state index contributed by atoms with van der Waals surface area (Å²) in [6.45, 7) is 10.4. The molecule has 0 aromatic rings. The van der Waals surface area contributed by atoms with Gasteiger partial charge in [-0.15, -0.1) is 0 Å². The first-order chi connectivity index (χ1) is 8.00. The zero-order valence-corrected chi connectivity index (χ0v) is 11.9. The smallest absolute Gasteiger partial charge is 0.136 e. The number of ketones is 1. The van der Waals surface area contributed by atoms with Crippen molar-refractivity contribution in [2.45, 2.75) is 53.4 Å². The molecule has 2 nitrogen and oxygen atoms in total. The summed E-state index contributed by atoms with van der Waals surface area (Å²) in [6, 6.07) is 0. The van der Waals surface area contributed by atoms with E-state index in [0.29, 0.717) is 17.6 Å². The van der Waals surface area contributed by atoms with Crippen LogP contribution in [-0.4, -0.2) is 19.0 Å². The predicted octanol–water partition coefficient (Wildman–Crippen LogP) is 3.69. The van der Waals surface area contributed by atoms with E-state index < -0.39 is 0 Å². The average Bonchev–Trinajstić information content (AvgIpc) is 2.25. The lowest BCUT2D eigenvalue weighted by Gasteiger charge is -2.30. The van der Waals surface area contributed by atoms with Crippen molar-refractivity contribution in [3.63, 3.8) is 0 Å². The molecule has 1 aliphatic rings. The fourth-order valence-electron chi connectivity index (χ4n) is 2.58. The largest absolute Gasteiger partial charge is 0.381 e. The Morgan fingerprint density at radius 3 is 2.59 bits per heavy atom. The summed E-state index contributed by atoms with van der Waals surface area (Å²) < 4.78 is 5.59. The topological polar surface area (TPSA) is 26.3 Å². The number of rotatable bonds is 6. The highest BCUT2D eigenvalue weighted by molar-refractivity contribution is 5.81. The van der Waals surface area contributed by atoms with Gasteiger partial charge < -0.3 is 4.74 Å². The van der Waals surface area contributed by atoms with Gasteiger partial charge in [-0.3, -0.25) is 4.79 Å². The molecule has 1 rings (SSSR count). The van der Waals surface area contributed by atoms with Gasteiger partial charge in [-0.2, -0.15) is 0 Å². The van der Waals surface area contributed by atoms with Gasteiger partial charge in [-0.25, -0.2) is 0 Å². The van der Waals surface area contributed by atoms with E-state index in [1.807, 2.05) is 0 Å². The van der Waals surface area contributed by atoms with Crippen LogP contribution < -0.4 is 0 Å². The Morgan fingerprint density at radius 1 is 1.29 bits per heavy atom. The van der Waals surface area contributed by atoms with E-state index >= 15 is 0 Å². The molecule has 0 aromatic heterocycles. The molecule has 2 unspecified atom stereocenters. The second-order valence-electron chi connectivity index (χ2n) is 6.20. The number of hydrogen-bond acceptors (Lipinski definition) is 2. The molecule has 0 spiro atoms. The van der Waals surface area contributed by atoms with Gasteiger partial charge in [-0.1, -0.05) is 27.7 Å². The molecule has 0 aromatic carbocycles. The van der Waals surface area contributed by atoms with E-state index in [0.717, 1.165) is 44.8 Å². The third-order valence-electron chi connectivity index (χ3n) is 3.81. The number of ether oxygens (including phenoxy) is 1. The van der Waals surface area contributed by atoms with Gasteiger partial charge in [0.25, 0.3) is 0 Å². The van der Waals surface area contributed by atoms with Crippen LogP contribution in [0.15, 0.2) is 0 Å². The summed E-state index contributed by atoms with van der Waals surface area (Å²) in [4.78, 5) is 11.8. The average molecular weight is 240 g/mol. The first kappa shape index (κ1) is 14.7. The highest BCUT2D eigenvalue weighted by atomic mass is 16.5. The number of carbonyl (C=O) groups excluding carboxylic acids is 1. The molecule has 0 radical (unpaired) electrons.